The number of ketones is 1. The number of hydrogen-bond acceptors (Lipinski definition) is 5. The second-order valence-corrected chi connectivity index (χ2v) is 4.92. The van der Waals surface area contributed by atoms with Gasteiger partial charge in [0.15, 0.2) is 10.9 Å². The van der Waals surface area contributed by atoms with E-state index in [0.717, 1.165) is 0 Å². The minimum atomic E-state index is -1.14. The maximum Gasteiger partial charge on any atom is 0.409 e. The van der Waals surface area contributed by atoms with Crippen molar-refractivity contribution in [3.05, 3.63) is 47.8 Å². The molecule has 0 unspecified atom stereocenters. The zero-order chi connectivity index (χ0) is 15.2. The monoisotopic (exact) mass is 303 g/mol. The quantitative estimate of drug-likeness (QED) is 0.501. The molecule has 1 amide bonds. The van der Waals surface area contributed by atoms with Gasteiger partial charge in [-0.1, -0.05) is 11.8 Å². The molecule has 0 atom stereocenters. The Hall–Kier alpha value is -2.41. The zero-order valence-corrected chi connectivity index (χ0v) is 12.1. The molecular weight excluding hydrogens is 290 g/mol. The van der Waals surface area contributed by atoms with Crippen molar-refractivity contribution in [3.63, 3.8) is 0 Å². The summed E-state index contributed by atoms with van der Waals surface area (Å²) in [5, 5.41) is 11.4. The summed E-state index contributed by atoms with van der Waals surface area (Å²) in [4.78, 5) is 30.9. The van der Waals surface area contributed by atoms with Crippen molar-refractivity contribution in [2.75, 3.05) is 11.6 Å². The van der Waals surface area contributed by atoms with Crippen LogP contribution in [-0.4, -0.2) is 33.2 Å². The molecule has 0 radical (unpaired) electrons. The van der Waals surface area contributed by atoms with E-state index in [9.17, 15) is 9.59 Å². The summed E-state index contributed by atoms with van der Waals surface area (Å²) in [5.74, 6) is -0.0809. The number of nitrogens with one attached hydrogen (secondary N) is 1. The third kappa shape index (κ3) is 4.28. The van der Waals surface area contributed by atoms with Gasteiger partial charge in [-0.3, -0.25) is 10.1 Å². The largest absolute Gasteiger partial charge is 0.465 e. The van der Waals surface area contributed by atoms with Crippen LogP contribution < -0.4 is 5.32 Å². The van der Waals surface area contributed by atoms with Crippen LogP contribution in [0.2, 0.25) is 0 Å². The summed E-state index contributed by atoms with van der Waals surface area (Å²) in [6.07, 6.45) is 2.54. The Bertz CT molecular complexity index is 659. The van der Waals surface area contributed by atoms with Crippen LogP contribution in [0.15, 0.2) is 41.7 Å². The first-order valence-electron chi connectivity index (χ1n) is 6.07. The number of Topliss-reactive ketones (excluding diaryl/α,β-unsaturated/α-hetero) is 1. The topological polar surface area (TPSA) is 92.2 Å². The van der Waals surface area contributed by atoms with E-state index in [0.29, 0.717) is 22.1 Å². The predicted octanol–water partition coefficient (Wildman–Crippen LogP) is 2.71. The SMILES string of the molecule is CSc1nccc(CC(=O)c2ccc(NC(=O)O)cc2)n1. The molecule has 0 aliphatic carbocycles. The van der Waals surface area contributed by atoms with E-state index in [1.54, 1.807) is 36.5 Å². The number of carbonyl (C=O) groups excluding carboxylic acids is 1. The number of carboxylic acid groups (broad SMARTS) is 1. The summed E-state index contributed by atoms with van der Waals surface area (Å²) in [5.41, 5.74) is 1.59. The Kier molecular flexibility index (Phi) is 4.89. The first-order chi connectivity index (χ1) is 10.1. The van der Waals surface area contributed by atoms with Crippen molar-refractivity contribution in [1.82, 2.24) is 9.97 Å². The molecule has 7 heteroatoms. The van der Waals surface area contributed by atoms with E-state index in [2.05, 4.69) is 15.3 Å². The van der Waals surface area contributed by atoms with E-state index >= 15 is 0 Å². The van der Waals surface area contributed by atoms with Gasteiger partial charge in [-0.15, -0.1) is 0 Å². The highest BCUT2D eigenvalue weighted by molar-refractivity contribution is 7.98. The van der Waals surface area contributed by atoms with E-state index in [-0.39, 0.29) is 12.2 Å². The molecule has 1 heterocycles. The molecule has 6 nitrogen and oxygen atoms in total. The van der Waals surface area contributed by atoms with Crippen molar-refractivity contribution >= 4 is 29.3 Å². The Morgan fingerprint density at radius 2 is 1.95 bits per heavy atom. The smallest absolute Gasteiger partial charge is 0.409 e. The van der Waals surface area contributed by atoms with Crippen LogP contribution in [-0.2, 0) is 6.42 Å². The second-order valence-electron chi connectivity index (χ2n) is 4.14. The number of carbonyl (C=O) groups is 2. The summed E-state index contributed by atoms with van der Waals surface area (Å²) >= 11 is 1.42. The number of hydrogen-bond donors (Lipinski definition) is 2. The van der Waals surface area contributed by atoms with Crippen LogP contribution >= 0.6 is 11.8 Å². The highest BCUT2D eigenvalue weighted by Crippen LogP contribution is 2.13. The number of aromatic nitrogens is 2. The van der Waals surface area contributed by atoms with Gasteiger partial charge in [0.05, 0.1) is 12.1 Å². The van der Waals surface area contributed by atoms with Crippen molar-refractivity contribution in [2.24, 2.45) is 0 Å². The zero-order valence-electron chi connectivity index (χ0n) is 11.2. The first kappa shape index (κ1) is 15.0. The van der Waals surface area contributed by atoms with Gasteiger partial charge in [0.1, 0.15) is 0 Å². The maximum atomic E-state index is 12.1. The highest BCUT2D eigenvalue weighted by atomic mass is 32.2. The molecular formula is C14H13N3O3S. The minimum absolute atomic E-state index is 0.0809. The highest BCUT2D eigenvalue weighted by Gasteiger charge is 2.09. The molecule has 0 fully saturated rings. The third-order valence-electron chi connectivity index (χ3n) is 2.67. The van der Waals surface area contributed by atoms with Gasteiger partial charge in [0.2, 0.25) is 0 Å². The van der Waals surface area contributed by atoms with Gasteiger partial charge in [-0.2, -0.15) is 0 Å². The molecule has 0 bridgehead atoms. The average Bonchev–Trinajstić information content (AvgIpc) is 2.47. The molecule has 2 aromatic rings. The molecule has 2 rings (SSSR count). The summed E-state index contributed by atoms with van der Waals surface area (Å²) < 4.78 is 0. The van der Waals surface area contributed by atoms with Crippen LogP contribution in [0.5, 0.6) is 0 Å². The Morgan fingerprint density at radius 3 is 2.57 bits per heavy atom. The number of thioether (sulfide) groups is 1. The molecule has 108 valence electrons. The fourth-order valence-electron chi connectivity index (χ4n) is 1.70. The minimum Gasteiger partial charge on any atom is -0.465 e. The normalized spacial score (nSPS) is 10.1. The molecule has 0 aliphatic rings. The number of amides is 1. The van der Waals surface area contributed by atoms with Crippen LogP contribution in [0.1, 0.15) is 16.1 Å². The van der Waals surface area contributed by atoms with Gasteiger partial charge in [-0.25, -0.2) is 14.8 Å². The fraction of sp³-hybridized carbons (Fsp3) is 0.143. The lowest BCUT2D eigenvalue weighted by Gasteiger charge is -2.04. The molecule has 2 N–H and O–H groups in total. The van der Waals surface area contributed by atoms with E-state index in [4.69, 9.17) is 5.11 Å². The summed E-state index contributed by atoms with van der Waals surface area (Å²) in [6.45, 7) is 0. The van der Waals surface area contributed by atoms with Crippen LogP contribution in [0.4, 0.5) is 10.5 Å². The molecule has 1 aromatic carbocycles. The van der Waals surface area contributed by atoms with Crippen molar-refractivity contribution < 1.29 is 14.7 Å². The molecule has 0 aliphatic heterocycles. The number of anilines is 1. The molecule has 0 saturated carbocycles. The number of benzene rings is 1. The standard InChI is InChI=1S/C14H13N3O3S/c1-21-13-15-7-6-11(16-13)8-12(18)9-2-4-10(5-3-9)17-14(19)20/h2-7,17H,8H2,1H3,(H,19,20). The summed E-state index contributed by atoms with van der Waals surface area (Å²) in [7, 11) is 0. The second kappa shape index (κ2) is 6.85. The number of nitrogens with zero attached hydrogens (tertiary/aromatic N) is 2. The van der Waals surface area contributed by atoms with Gasteiger partial charge < -0.3 is 5.11 Å². The Morgan fingerprint density at radius 1 is 1.24 bits per heavy atom. The first-order valence-corrected chi connectivity index (χ1v) is 7.30. The molecule has 0 saturated heterocycles. The van der Waals surface area contributed by atoms with Gasteiger partial charge in [0.25, 0.3) is 0 Å². The third-order valence-corrected chi connectivity index (χ3v) is 3.24. The van der Waals surface area contributed by atoms with Crippen LogP contribution in [0.3, 0.4) is 0 Å². The van der Waals surface area contributed by atoms with Crippen molar-refractivity contribution in [2.45, 2.75) is 11.6 Å². The van der Waals surface area contributed by atoms with E-state index in [1.807, 2.05) is 6.26 Å². The van der Waals surface area contributed by atoms with Crippen LogP contribution in [0.25, 0.3) is 0 Å². The van der Waals surface area contributed by atoms with Gasteiger partial charge in [-0.05, 0) is 36.6 Å². The van der Waals surface area contributed by atoms with E-state index < -0.39 is 6.09 Å². The van der Waals surface area contributed by atoms with Crippen molar-refractivity contribution in [1.29, 1.82) is 0 Å². The predicted molar refractivity (Wildman–Crippen MR) is 79.9 cm³/mol. The maximum absolute atomic E-state index is 12.1. The lowest BCUT2D eigenvalue weighted by molar-refractivity contribution is 0.0991. The fourth-order valence-corrected chi connectivity index (χ4v) is 2.08. The Balaban J connectivity index is 2.07. The van der Waals surface area contributed by atoms with Gasteiger partial charge in [0, 0.05) is 17.4 Å². The average molecular weight is 303 g/mol. The lowest BCUT2D eigenvalue weighted by Crippen LogP contribution is -2.08. The van der Waals surface area contributed by atoms with Crippen LogP contribution in [0, 0.1) is 0 Å². The molecule has 1 aromatic heterocycles. The van der Waals surface area contributed by atoms with Gasteiger partial charge >= 0.3 is 6.09 Å². The lowest BCUT2D eigenvalue weighted by atomic mass is 10.1. The molecule has 0 spiro atoms. The molecule has 21 heavy (non-hydrogen) atoms. The van der Waals surface area contributed by atoms with E-state index in [1.165, 1.54) is 11.8 Å². The number of rotatable bonds is 5. The summed E-state index contributed by atoms with van der Waals surface area (Å²) in [6, 6.07) is 7.98. The van der Waals surface area contributed by atoms with Crippen molar-refractivity contribution in [3.8, 4) is 0 Å². The Labute approximate surface area is 125 Å².